The van der Waals surface area contributed by atoms with E-state index >= 15 is 0 Å². The lowest BCUT2D eigenvalue weighted by molar-refractivity contribution is 0.102. The van der Waals surface area contributed by atoms with Gasteiger partial charge in [0.1, 0.15) is 10.7 Å². The van der Waals surface area contributed by atoms with Crippen LogP contribution in [0.4, 0.5) is 5.69 Å². The van der Waals surface area contributed by atoms with Gasteiger partial charge in [-0.3, -0.25) is 9.59 Å². The number of aromatic nitrogens is 1. The molecule has 0 aliphatic rings. The lowest BCUT2D eigenvalue weighted by Crippen LogP contribution is -2.20. The molecule has 1 amide bonds. The summed E-state index contributed by atoms with van der Waals surface area (Å²) >= 11 is 8.26. The fourth-order valence-corrected chi connectivity index (χ4v) is 2.13. The summed E-state index contributed by atoms with van der Waals surface area (Å²) < 4.78 is 0.798. The number of benzene rings is 1. The van der Waals surface area contributed by atoms with Gasteiger partial charge in [0.15, 0.2) is 0 Å². The number of carbonyl (C=O) groups is 1. The van der Waals surface area contributed by atoms with Gasteiger partial charge >= 0.3 is 0 Å². The number of rotatable bonds is 3. The van der Waals surface area contributed by atoms with Gasteiger partial charge in [0, 0.05) is 16.1 Å². The van der Waals surface area contributed by atoms with E-state index in [0.717, 1.165) is 4.47 Å². The van der Waals surface area contributed by atoms with Crippen molar-refractivity contribution in [2.24, 2.45) is 5.73 Å². The molecule has 2 rings (SSSR count). The molecule has 7 heteroatoms. The molecule has 1 aromatic carbocycles. The van der Waals surface area contributed by atoms with Crippen LogP contribution in [0.15, 0.2) is 45.7 Å². The van der Waals surface area contributed by atoms with Crippen molar-refractivity contribution in [3.8, 4) is 0 Å². The van der Waals surface area contributed by atoms with Gasteiger partial charge in [-0.15, -0.1) is 0 Å². The van der Waals surface area contributed by atoms with Gasteiger partial charge < -0.3 is 16.0 Å². The van der Waals surface area contributed by atoms with Crippen molar-refractivity contribution in [2.75, 3.05) is 5.32 Å². The largest absolute Gasteiger partial charge is 0.389 e. The summed E-state index contributed by atoms with van der Waals surface area (Å²) in [7, 11) is 0. The van der Waals surface area contributed by atoms with Crippen LogP contribution in [0.3, 0.4) is 0 Å². The molecule has 0 aliphatic carbocycles. The fourth-order valence-electron chi connectivity index (χ4n) is 1.60. The van der Waals surface area contributed by atoms with Crippen LogP contribution < -0.4 is 16.6 Å². The molecule has 1 heterocycles. The average molecular weight is 352 g/mol. The molecule has 4 N–H and O–H groups in total. The van der Waals surface area contributed by atoms with Crippen molar-refractivity contribution in [3.05, 3.63) is 62.5 Å². The van der Waals surface area contributed by atoms with Crippen molar-refractivity contribution >= 4 is 44.7 Å². The first kappa shape index (κ1) is 14.4. The number of aromatic amines is 1. The molecule has 0 saturated heterocycles. The maximum absolute atomic E-state index is 12.0. The normalized spacial score (nSPS) is 10.1. The van der Waals surface area contributed by atoms with Crippen LogP contribution in [-0.2, 0) is 0 Å². The molecule has 102 valence electrons. The van der Waals surface area contributed by atoms with E-state index in [1.54, 1.807) is 18.2 Å². The first-order chi connectivity index (χ1) is 9.47. The first-order valence-electron chi connectivity index (χ1n) is 5.57. The van der Waals surface area contributed by atoms with Gasteiger partial charge in [-0.1, -0.05) is 34.2 Å². The molecule has 0 spiro atoms. The van der Waals surface area contributed by atoms with Gasteiger partial charge in [-0.2, -0.15) is 0 Å². The Balaban J connectivity index is 2.33. The summed E-state index contributed by atoms with van der Waals surface area (Å²) in [6.07, 6.45) is 0. The summed E-state index contributed by atoms with van der Waals surface area (Å²) in [5, 5.41) is 2.67. The van der Waals surface area contributed by atoms with Gasteiger partial charge in [0.05, 0.1) is 5.69 Å². The molecular weight excluding hydrogens is 342 g/mol. The Hall–Kier alpha value is -1.99. The van der Waals surface area contributed by atoms with Gasteiger partial charge in [0.25, 0.3) is 5.91 Å². The Morgan fingerprint density at radius 3 is 2.70 bits per heavy atom. The first-order valence-corrected chi connectivity index (χ1v) is 6.77. The average Bonchev–Trinajstić information content (AvgIpc) is 2.40. The van der Waals surface area contributed by atoms with Crippen molar-refractivity contribution in [1.82, 2.24) is 4.98 Å². The van der Waals surface area contributed by atoms with Crippen LogP contribution in [0.2, 0.25) is 0 Å². The molecule has 0 saturated carbocycles. The highest BCUT2D eigenvalue weighted by molar-refractivity contribution is 9.10. The molecule has 0 aliphatic heterocycles. The second-order valence-corrected chi connectivity index (χ2v) is 5.29. The van der Waals surface area contributed by atoms with E-state index in [1.165, 1.54) is 18.2 Å². The lowest BCUT2D eigenvalue weighted by Gasteiger charge is -2.10. The van der Waals surface area contributed by atoms with Gasteiger partial charge in [0.2, 0.25) is 5.56 Å². The quantitative estimate of drug-likeness (QED) is 0.738. The predicted molar refractivity (Wildman–Crippen MR) is 85.0 cm³/mol. The molecule has 1 aromatic heterocycles. The maximum Gasteiger partial charge on any atom is 0.272 e. The minimum Gasteiger partial charge on any atom is -0.389 e. The van der Waals surface area contributed by atoms with Crippen molar-refractivity contribution in [1.29, 1.82) is 0 Å². The number of carbonyl (C=O) groups excluding carboxylic acids is 1. The minimum atomic E-state index is -0.442. The highest BCUT2D eigenvalue weighted by atomic mass is 79.9. The summed E-state index contributed by atoms with van der Waals surface area (Å²) in [4.78, 5) is 25.8. The second-order valence-electron chi connectivity index (χ2n) is 3.94. The van der Waals surface area contributed by atoms with E-state index in [9.17, 15) is 9.59 Å². The molecule has 2 aromatic rings. The number of anilines is 1. The third-order valence-corrected chi connectivity index (χ3v) is 3.22. The van der Waals surface area contributed by atoms with Crippen LogP contribution in [0, 0.1) is 0 Å². The Labute approximate surface area is 128 Å². The summed E-state index contributed by atoms with van der Waals surface area (Å²) in [6.45, 7) is 0. The van der Waals surface area contributed by atoms with Gasteiger partial charge in [-0.05, 0) is 24.3 Å². The molecule has 0 atom stereocenters. The standard InChI is InChI=1S/C13H10BrN3O2S/c14-7-4-5-9(8(6-7)12(15)20)17-13(19)10-2-1-3-11(18)16-10/h1-6H,(H2,15,20)(H,16,18)(H,17,19). The van der Waals surface area contributed by atoms with E-state index in [0.29, 0.717) is 11.3 Å². The zero-order chi connectivity index (χ0) is 14.7. The number of amides is 1. The molecular formula is C13H10BrN3O2S. The summed E-state index contributed by atoms with van der Waals surface area (Å²) in [5.74, 6) is -0.442. The van der Waals surface area contributed by atoms with E-state index < -0.39 is 5.91 Å². The predicted octanol–water partition coefficient (Wildman–Crippen LogP) is 2.02. The van der Waals surface area contributed by atoms with Crippen LogP contribution >= 0.6 is 28.1 Å². The molecule has 0 unspecified atom stereocenters. The zero-order valence-corrected chi connectivity index (χ0v) is 12.5. The maximum atomic E-state index is 12.0. The van der Waals surface area contributed by atoms with Gasteiger partial charge in [-0.25, -0.2) is 0 Å². The smallest absolute Gasteiger partial charge is 0.272 e. The van der Waals surface area contributed by atoms with Crippen LogP contribution in [0.1, 0.15) is 16.1 Å². The number of H-pyrrole nitrogens is 1. The lowest BCUT2D eigenvalue weighted by atomic mass is 10.1. The topological polar surface area (TPSA) is 88.0 Å². The zero-order valence-electron chi connectivity index (χ0n) is 10.1. The fraction of sp³-hybridized carbons (Fsp3) is 0. The Bertz CT molecular complexity index is 742. The number of nitrogens with one attached hydrogen (secondary N) is 2. The van der Waals surface area contributed by atoms with Crippen LogP contribution in [-0.4, -0.2) is 15.9 Å². The van der Waals surface area contributed by atoms with Crippen LogP contribution in [0.25, 0.3) is 0 Å². The van der Waals surface area contributed by atoms with Crippen molar-refractivity contribution < 1.29 is 4.79 Å². The molecule has 0 radical (unpaired) electrons. The summed E-state index contributed by atoms with van der Waals surface area (Å²) in [6, 6.07) is 9.49. The van der Waals surface area contributed by atoms with Crippen LogP contribution in [0.5, 0.6) is 0 Å². The number of thiocarbonyl (C=S) groups is 1. The Morgan fingerprint density at radius 1 is 1.30 bits per heavy atom. The molecule has 0 fully saturated rings. The Morgan fingerprint density at radius 2 is 2.05 bits per heavy atom. The SMILES string of the molecule is NC(=S)c1cc(Br)ccc1NC(=O)c1cccc(=O)[nH]1. The number of pyridine rings is 1. The number of nitrogens with two attached hydrogens (primary N) is 1. The highest BCUT2D eigenvalue weighted by Gasteiger charge is 2.11. The van der Waals surface area contributed by atoms with E-state index in [1.807, 2.05) is 0 Å². The van der Waals surface area contributed by atoms with E-state index in [4.69, 9.17) is 18.0 Å². The second kappa shape index (κ2) is 5.98. The van der Waals surface area contributed by atoms with Crippen molar-refractivity contribution in [2.45, 2.75) is 0 Å². The molecule has 20 heavy (non-hydrogen) atoms. The number of hydrogen-bond donors (Lipinski definition) is 3. The van der Waals surface area contributed by atoms with E-state index in [2.05, 4.69) is 26.2 Å². The third-order valence-electron chi connectivity index (χ3n) is 2.51. The van der Waals surface area contributed by atoms with Crippen molar-refractivity contribution in [3.63, 3.8) is 0 Å². The molecule has 0 bridgehead atoms. The summed E-state index contributed by atoms with van der Waals surface area (Å²) in [5.41, 5.74) is 6.46. The minimum absolute atomic E-state index is 0.161. The third kappa shape index (κ3) is 3.31. The van der Waals surface area contributed by atoms with E-state index in [-0.39, 0.29) is 16.2 Å². The number of hydrogen-bond acceptors (Lipinski definition) is 3. The number of halogens is 1. The highest BCUT2D eigenvalue weighted by Crippen LogP contribution is 2.21. The molecule has 5 nitrogen and oxygen atoms in total. The Kier molecular flexibility index (Phi) is 4.31. The monoisotopic (exact) mass is 351 g/mol.